The van der Waals surface area contributed by atoms with Gasteiger partial charge in [-0.05, 0) is 17.2 Å². The van der Waals surface area contributed by atoms with Gasteiger partial charge in [0, 0.05) is 12.0 Å². The zero-order chi connectivity index (χ0) is 13.6. The number of azo groups is 1. The van der Waals surface area contributed by atoms with Gasteiger partial charge in [-0.15, -0.1) is 10.2 Å². The van der Waals surface area contributed by atoms with E-state index in [1.54, 1.807) is 0 Å². The Morgan fingerprint density at radius 1 is 1.42 bits per heavy atom. The summed E-state index contributed by atoms with van der Waals surface area (Å²) < 4.78 is 25.6. The molecule has 5 nitrogen and oxygen atoms in total. The number of hydrogen-bond acceptors (Lipinski definition) is 4. The number of nitrogens with zero attached hydrogens (tertiary/aromatic N) is 2. The van der Waals surface area contributed by atoms with E-state index < -0.39 is 31.4 Å². The number of carbonyl (C=O) groups excluding carboxylic acids is 1. The van der Waals surface area contributed by atoms with Gasteiger partial charge in [0.15, 0.2) is 5.70 Å². The second-order valence-corrected chi connectivity index (χ2v) is 4.80. The fraction of sp³-hybridized carbons (Fsp3) is 0.417. The molecule has 1 saturated carbocycles. The average Bonchev–Trinajstić information content (AvgIpc) is 2.92. The lowest BCUT2D eigenvalue weighted by molar-refractivity contribution is -0.120. The molecule has 2 N–H and O–H groups in total. The number of carbonyl (C=O) groups is 1. The van der Waals surface area contributed by atoms with Crippen molar-refractivity contribution < 1.29 is 18.7 Å². The molecule has 0 bridgehead atoms. The minimum absolute atomic E-state index is 0.0434. The van der Waals surface area contributed by atoms with Crippen LogP contribution in [0.25, 0.3) is 0 Å². The quantitative estimate of drug-likeness (QED) is 0.782. The summed E-state index contributed by atoms with van der Waals surface area (Å²) in [6.45, 7) is -3.21. The highest BCUT2D eigenvalue weighted by molar-refractivity contribution is 5.97. The maximum Gasteiger partial charge on any atom is 0.273 e. The van der Waals surface area contributed by atoms with Crippen molar-refractivity contribution in [1.82, 2.24) is 5.32 Å². The van der Waals surface area contributed by atoms with Crippen molar-refractivity contribution in [2.24, 2.45) is 10.2 Å². The van der Waals surface area contributed by atoms with Crippen molar-refractivity contribution >= 4 is 5.91 Å². The van der Waals surface area contributed by atoms with Crippen molar-refractivity contribution in [2.75, 3.05) is 20.0 Å². The van der Waals surface area contributed by atoms with Crippen LogP contribution in [-0.2, 0) is 4.79 Å². The van der Waals surface area contributed by atoms with E-state index in [2.05, 4.69) is 15.5 Å². The Balaban J connectivity index is 1.83. The first kappa shape index (κ1) is 12.2. The second kappa shape index (κ2) is 4.06. The van der Waals surface area contributed by atoms with Crippen molar-refractivity contribution in [3.05, 3.63) is 34.2 Å². The third kappa shape index (κ3) is 1.73. The van der Waals surface area contributed by atoms with Gasteiger partial charge in [-0.2, -0.15) is 0 Å². The summed E-state index contributed by atoms with van der Waals surface area (Å²) in [5.74, 6) is -0.725. The molecular weight excluding hydrogens is 256 g/mol. The van der Waals surface area contributed by atoms with Crippen LogP contribution < -0.4 is 5.32 Å². The number of alkyl halides is 2. The zero-order valence-corrected chi connectivity index (χ0v) is 9.91. The fourth-order valence-corrected chi connectivity index (χ4v) is 2.07. The van der Waals surface area contributed by atoms with Crippen LogP contribution in [0.2, 0.25) is 0 Å². The standard InChI is InChI=1S/C12H11F2N3O2/c13-3-12(4-14,5-18)15-11(19)10-8-2-6-1-7(6)9(8)16-17-10/h2,18H,1,3-5H2,(H,15,19). The minimum Gasteiger partial charge on any atom is -0.394 e. The largest absolute Gasteiger partial charge is 0.394 e. The lowest BCUT2D eigenvalue weighted by atomic mass is 10.0. The second-order valence-electron chi connectivity index (χ2n) is 4.80. The van der Waals surface area contributed by atoms with E-state index in [1.165, 1.54) is 0 Å². The maximum absolute atomic E-state index is 12.8. The normalized spacial score (nSPS) is 19.6. The summed E-state index contributed by atoms with van der Waals surface area (Å²) in [5.41, 5.74) is 1.62. The molecule has 0 aromatic rings. The Labute approximate surface area is 107 Å². The molecule has 1 heterocycles. The van der Waals surface area contributed by atoms with Gasteiger partial charge in [-0.3, -0.25) is 4.79 Å². The molecule has 100 valence electrons. The molecule has 0 spiro atoms. The Kier molecular flexibility index (Phi) is 2.60. The highest BCUT2D eigenvalue weighted by Gasteiger charge is 2.40. The van der Waals surface area contributed by atoms with E-state index >= 15 is 0 Å². The van der Waals surface area contributed by atoms with Gasteiger partial charge in [0.1, 0.15) is 18.9 Å². The van der Waals surface area contributed by atoms with Crippen LogP contribution in [0.4, 0.5) is 8.78 Å². The zero-order valence-electron chi connectivity index (χ0n) is 9.91. The number of hydrogen-bond donors (Lipinski definition) is 2. The third-order valence-electron chi connectivity index (χ3n) is 3.40. The molecule has 1 amide bonds. The first-order valence-corrected chi connectivity index (χ1v) is 5.80. The molecule has 0 radical (unpaired) electrons. The lowest BCUT2D eigenvalue weighted by Gasteiger charge is -2.26. The molecule has 7 heteroatoms. The van der Waals surface area contributed by atoms with Crippen LogP contribution >= 0.6 is 0 Å². The first-order chi connectivity index (χ1) is 9.14. The van der Waals surface area contributed by atoms with E-state index in [9.17, 15) is 13.6 Å². The van der Waals surface area contributed by atoms with E-state index in [0.29, 0.717) is 11.3 Å². The molecule has 2 aliphatic carbocycles. The molecule has 0 saturated heterocycles. The van der Waals surface area contributed by atoms with E-state index in [0.717, 1.165) is 17.6 Å². The molecule has 3 rings (SSSR count). The molecule has 1 aliphatic heterocycles. The predicted octanol–water partition coefficient (Wildman–Crippen LogP) is 1.09. The number of halogens is 2. The monoisotopic (exact) mass is 267 g/mol. The number of allylic oxidation sites excluding steroid dienone is 3. The third-order valence-corrected chi connectivity index (χ3v) is 3.40. The summed E-state index contributed by atoms with van der Waals surface area (Å²) in [7, 11) is 0. The van der Waals surface area contributed by atoms with Crippen molar-refractivity contribution in [3.63, 3.8) is 0 Å². The number of nitrogens with one attached hydrogen (secondary N) is 1. The molecule has 3 aliphatic rings. The minimum atomic E-state index is -1.90. The molecule has 0 aromatic heterocycles. The van der Waals surface area contributed by atoms with Crippen molar-refractivity contribution in [3.8, 4) is 0 Å². The molecule has 1 fully saturated rings. The van der Waals surface area contributed by atoms with Crippen LogP contribution in [0, 0.1) is 0 Å². The highest BCUT2D eigenvalue weighted by Crippen LogP contribution is 2.51. The van der Waals surface area contributed by atoms with E-state index in [-0.39, 0.29) is 5.70 Å². The summed E-state index contributed by atoms with van der Waals surface area (Å²) >= 11 is 0. The van der Waals surface area contributed by atoms with Crippen LogP contribution in [0.3, 0.4) is 0 Å². The number of amides is 1. The van der Waals surface area contributed by atoms with Crippen molar-refractivity contribution in [2.45, 2.75) is 12.0 Å². The number of aliphatic hydroxyl groups excluding tert-OH is 1. The van der Waals surface area contributed by atoms with Gasteiger partial charge < -0.3 is 10.4 Å². The average molecular weight is 267 g/mol. The molecule has 0 atom stereocenters. The molecule has 19 heavy (non-hydrogen) atoms. The van der Waals surface area contributed by atoms with Gasteiger partial charge in [-0.1, -0.05) is 0 Å². The van der Waals surface area contributed by atoms with Gasteiger partial charge >= 0.3 is 0 Å². The van der Waals surface area contributed by atoms with Crippen LogP contribution in [-0.4, -0.2) is 36.5 Å². The Bertz CT molecular complexity index is 578. The summed E-state index contributed by atoms with van der Waals surface area (Å²) in [5, 5.41) is 18.8. The number of rotatable bonds is 5. The Morgan fingerprint density at radius 2 is 2.16 bits per heavy atom. The van der Waals surface area contributed by atoms with Crippen LogP contribution in [0.15, 0.2) is 44.4 Å². The molecular formula is C12H11F2N3O2. The van der Waals surface area contributed by atoms with E-state index in [4.69, 9.17) is 5.11 Å². The van der Waals surface area contributed by atoms with E-state index in [1.807, 2.05) is 6.08 Å². The smallest absolute Gasteiger partial charge is 0.273 e. The van der Waals surface area contributed by atoms with Crippen molar-refractivity contribution in [1.29, 1.82) is 0 Å². The fourth-order valence-electron chi connectivity index (χ4n) is 2.07. The summed E-state index contributed by atoms with van der Waals surface area (Å²) in [4.78, 5) is 12.0. The lowest BCUT2D eigenvalue weighted by Crippen LogP contribution is -2.55. The molecule has 0 aromatic carbocycles. The number of fused-ring (bicyclic) bond motifs is 2. The molecule has 0 unspecified atom stereocenters. The van der Waals surface area contributed by atoms with Gasteiger partial charge in [0.05, 0.1) is 12.3 Å². The Hall–Kier alpha value is -1.89. The first-order valence-electron chi connectivity index (χ1n) is 5.80. The Morgan fingerprint density at radius 3 is 2.79 bits per heavy atom. The van der Waals surface area contributed by atoms with Gasteiger partial charge in [0.25, 0.3) is 5.91 Å². The topological polar surface area (TPSA) is 74.0 Å². The highest BCUT2D eigenvalue weighted by atomic mass is 19.1. The van der Waals surface area contributed by atoms with Crippen LogP contribution in [0.5, 0.6) is 0 Å². The van der Waals surface area contributed by atoms with Crippen LogP contribution in [0.1, 0.15) is 6.42 Å². The summed E-state index contributed by atoms with van der Waals surface area (Å²) in [6.07, 6.45) is 2.67. The number of aliphatic hydroxyl groups is 1. The summed E-state index contributed by atoms with van der Waals surface area (Å²) in [6, 6.07) is 0. The van der Waals surface area contributed by atoms with Gasteiger partial charge in [0.2, 0.25) is 0 Å². The predicted molar refractivity (Wildman–Crippen MR) is 61.5 cm³/mol. The van der Waals surface area contributed by atoms with Gasteiger partial charge in [-0.25, -0.2) is 8.78 Å². The maximum atomic E-state index is 12.8. The SMILES string of the molecule is O=C(NC(CO)(CF)CF)C1=C2C=C3CC3=C2N=N1.